The topological polar surface area (TPSA) is 93.5 Å². The van der Waals surface area contributed by atoms with Gasteiger partial charge in [0, 0.05) is 38.4 Å². The fourth-order valence-corrected chi connectivity index (χ4v) is 5.23. The van der Waals surface area contributed by atoms with Crippen LogP contribution in [0.1, 0.15) is 11.1 Å². The van der Waals surface area contributed by atoms with Crippen molar-refractivity contribution in [3.63, 3.8) is 0 Å². The zero-order valence-electron chi connectivity index (χ0n) is 18.5. The first-order valence-electron chi connectivity index (χ1n) is 11.0. The average Bonchev–Trinajstić information content (AvgIpc) is 3.37. The van der Waals surface area contributed by atoms with Crippen LogP contribution >= 0.6 is 27.3 Å². The molecule has 36 heavy (non-hydrogen) atoms. The Bertz CT molecular complexity index is 1890. The summed E-state index contributed by atoms with van der Waals surface area (Å²) in [5, 5.41) is 14.1. The van der Waals surface area contributed by atoms with Crippen molar-refractivity contribution in [2.24, 2.45) is 0 Å². The number of nitrogens with zero attached hydrogens (tertiary/aromatic N) is 1. The van der Waals surface area contributed by atoms with Gasteiger partial charge in [-0.2, -0.15) is 0 Å². The number of rotatable bonds is 4. The Labute approximate surface area is 216 Å². The van der Waals surface area contributed by atoms with E-state index in [0.29, 0.717) is 38.1 Å². The van der Waals surface area contributed by atoms with Gasteiger partial charge in [-0.3, -0.25) is 4.79 Å². The predicted octanol–water partition coefficient (Wildman–Crippen LogP) is 6.75. The van der Waals surface area contributed by atoms with Gasteiger partial charge in [0.2, 0.25) is 0 Å². The summed E-state index contributed by atoms with van der Waals surface area (Å²) >= 11 is 4.78. The van der Waals surface area contributed by atoms with E-state index < -0.39 is 5.63 Å². The number of phenolic OH excluding ortho intramolecular Hbond substituents is 1. The standard InChI is InChI=1S/C28H16BrNO5S/c29-18-8-5-15(6-9-18)22-14-36-27(30-22)21-11-16-7-10-23(31)20(26(16)35-28(21)33)12-17-13-34-24-4-2-1-3-19(24)25(17)32/h1-11,13-14,31H,12H2. The molecular formula is C28H16BrNO5S. The number of aromatic nitrogens is 1. The Kier molecular flexibility index (Phi) is 5.55. The molecule has 0 aliphatic rings. The van der Waals surface area contributed by atoms with Gasteiger partial charge in [0.05, 0.1) is 22.9 Å². The average molecular weight is 558 g/mol. The van der Waals surface area contributed by atoms with Crippen LogP contribution in [0.15, 0.2) is 101 Å². The lowest BCUT2D eigenvalue weighted by Gasteiger charge is -2.09. The molecule has 0 aliphatic carbocycles. The number of benzene rings is 3. The van der Waals surface area contributed by atoms with Crippen molar-refractivity contribution in [3.05, 3.63) is 115 Å². The molecule has 1 N–H and O–H groups in total. The Balaban J connectivity index is 1.42. The number of fused-ring (bicyclic) bond motifs is 2. The molecule has 0 atom stereocenters. The Morgan fingerprint density at radius 3 is 2.64 bits per heavy atom. The molecule has 0 saturated heterocycles. The first-order chi connectivity index (χ1) is 17.5. The van der Waals surface area contributed by atoms with E-state index in [-0.39, 0.29) is 23.2 Å². The highest BCUT2D eigenvalue weighted by molar-refractivity contribution is 9.10. The minimum absolute atomic E-state index is 0.0452. The molecular weight excluding hydrogens is 542 g/mol. The van der Waals surface area contributed by atoms with Gasteiger partial charge in [-0.15, -0.1) is 11.3 Å². The first-order valence-corrected chi connectivity index (χ1v) is 12.6. The van der Waals surface area contributed by atoms with E-state index in [4.69, 9.17) is 8.83 Å². The van der Waals surface area contributed by atoms with Crippen LogP contribution in [-0.2, 0) is 6.42 Å². The maximum Gasteiger partial charge on any atom is 0.346 e. The van der Waals surface area contributed by atoms with Gasteiger partial charge in [0.25, 0.3) is 0 Å². The third kappa shape index (κ3) is 3.94. The number of phenols is 1. The fourth-order valence-electron chi connectivity index (χ4n) is 4.13. The van der Waals surface area contributed by atoms with Crippen molar-refractivity contribution in [3.8, 4) is 27.6 Å². The van der Waals surface area contributed by atoms with E-state index in [1.54, 1.807) is 36.4 Å². The van der Waals surface area contributed by atoms with Gasteiger partial charge in [-0.1, -0.05) is 40.2 Å². The third-order valence-electron chi connectivity index (χ3n) is 5.97. The summed E-state index contributed by atoms with van der Waals surface area (Å²) in [5.41, 5.74) is 2.65. The molecule has 176 valence electrons. The van der Waals surface area contributed by atoms with Crippen molar-refractivity contribution in [2.75, 3.05) is 0 Å². The van der Waals surface area contributed by atoms with Gasteiger partial charge in [0.1, 0.15) is 21.9 Å². The predicted molar refractivity (Wildman–Crippen MR) is 144 cm³/mol. The number of aromatic hydroxyl groups is 1. The quantitative estimate of drug-likeness (QED) is 0.241. The highest BCUT2D eigenvalue weighted by Gasteiger charge is 2.18. The van der Waals surface area contributed by atoms with E-state index in [9.17, 15) is 14.7 Å². The number of halogens is 1. The molecule has 0 unspecified atom stereocenters. The third-order valence-corrected chi connectivity index (χ3v) is 7.38. The lowest BCUT2D eigenvalue weighted by atomic mass is 10.0. The summed E-state index contributed by atoms with van der Waals surface area (Å²) in [6, 6.07) is 19.6. The molecule has 3 aromatic heterocycles. The van der Waals surface area contributed by atoms with Crippen molar-refractivity contribution in [2.45, 2.75) is 6.42 Å². The minimum atomic E-state index is -0.573. The monoisotopic (exact) mass is 557 g/mol. The smallest absolute Gasteiger partial charge is 0.346 e. The van der Waals surface area contributed by atoms with Crippen molar-refractivity contribution >= 4 is 49.2 Å². The highest BCUT2D eigenvalue weighted by atomic mass is 79.9. The van der Waals surface area contributed by atoms with Crippen LogP contribution in [-0.4, -0.2) is 10.1 Å². The summed E-state index contributed by atoms with van der Waals surface area (Å²) in [4.78, 5) is 30.6. The van der Waals surface area contributed by atoms with Gasteiger partial charge in [-0.05, 0) is 42.5 Å². The van der Waals surface area contributed by atoms with Crippen molar-refractivity contribution in [1.82, 2.24) is 4.98 Å². The molecule has 0 fully saturated rings. The fraction of sp³-hybridized carbons (Fsp3) is 0.0357. The molecule has 6 aromatic rings. The van der Waals surface area contributed by atoms with Crippen molar-refractivity contribution in [1.29, 1.82) is 0 Å². The van der Waals surface area contributed by atoms with Gasteiger partial charge in [0.15, 0.2) is 5.43 Å². The van der Waals surface area contributed by atoms with Gasteiger partial charge >= 0.3 is 5.63 Å². The molecule has 0 bridgehead atoms. The second-order valence-corrected chi connectivity index (χ2v) is 10.0. The molecule has 6 nitrogen and oxygen atoms in total. The number of para-hydroxylation sites is 1. The summed E-state index contributed by atoms with van der Waals surface area (Å²) in [7, 11) is 0. The largest absolute Gasteiger partial charge is 0.508 e. The Hall–Kier alpha value is -4.01. The zero-order chi connectivity index (χ0) is 24.8. The van der Waals surface area contributed by atoms with Crippen LogP contribution in [0.4, 0.5) is 0 Å². The van der Waals surface area contributed by atoms with Crippen LogP contribution < -0.4 is 11.1 Å². The maximum absolute atomic E-state index is 13.0. The summed E-state index contributed by atoms with van der Waals surface area (Å²) in [6.45, 7) is 0. The molecule has 3 heterocycles. The molecule has 3 aromatic carbocycles. The molecule has 0 aliphatic heterocycles. The molecule has 0 amide bonds. The molecule has 8 heteroatoms. The highest BCUT2D eigenvalue weighted by Crippen LogP contribution is 2.33. The minimum Gasteiger partial charge on any atom is -0.508 e. The van der Waals surface area contributed by atoms with Crippen LogP contribution in [0.5, 0.6) is 5.75 Å². The van der Waals surface area contributed by atoms with E-state index in [0.717, 1.165) is 15.7 Å². The zero-order valence-corrected chi connectivity index (χ0v) is 20.9. The molecule has 0 saturated carbocycles. The van der Waals surface area contributed by atoms with Crippen LogP contribution in [0, 0.1) is 0 Å². The number of hydrogen-bond acceptors (Lipinski definition) is 7. The Morgan fingerprint density at radius 1 is 1.00 bits per heavy atom. The second-order valence-electron chi connectivity index (χ2n) is 8.24. The summed E-state index contributed by atoms with van der Waals surface area (Å²) < 4.78 is 12.3. The van der Waals surface area contributed by atoms with Gasteiger partial charge < -0.3 is 13.9 Å². The molecule has 0 radical (unpaired) electrons. The van der Waals surface area contributed by atoms with Crippen LogP contribution in [0.25, 0.3) is 43.8 Å². The van der Waals surface area contributed by atoms with Gasteiger partial charge in [-0.25, -0.2) is 9.78 Å². The van der Waals surface area contributed by atoms with E-state index in [1.807, 2.05) is 29.6 Å². The second kappa shape index (κ2) is 8.89. The normalized spacial score (nSPS) is 11.4. The lowest BCUT2D eigenvalue weighted by Crippen LogP contribution is -2.10. The van der Waals surface area contributed by atoms with Crippen molar-refractivity contribution < 1.29 is 13.9 Å². The van der Waals surface area contributed by atoms with Crippen LogP contribution in [0.3, 0.4) is 0 Å². The Morgan fingerprint density at radius 2 is 1.81 bits per heavy atom. The molecule has 0 spiro atoms. The number of hydrogen-bond donors (Lipinski definition) is 1. The molecule has 6 rings (SSSR count). The SMILES string of the molecule is O=c1oc2c(Cc3coc4ccccc4c3=O)c(O)ccc2cc1-c1nc(-c2ccc(Br)cc2)cs1. The summed E-state index contributed by atoms with van der Waals surface area (Å²) in [6.07, 6.45) is 1.43. The van der Waals surface area contributed by atoms with E-state index in [1.165, 1.54) is 23.7 Å². The van der Waals surface area contributed by atoms with E-state index >= 15 is 0 Å². The van der Waals surface area contributed by atoms with Crippen LogP contribution in [0.2, 0.25) is 0 Å². The maximum atomic E-state index is 13.0. The first kappa shape index (κ1) is 22.5. The summed E-state index contributed by atoms with van der Waals surface area (Å²) in [5.74, 6) is -0.0715. The number of thiazole rings is 1. The lowest BCUT2D eigenvalue weighted by molar-refractivity contribution is 0.466. The van der Waals surface area contributed by atoms with E-state index in [2.05, 4.69) is 20.9 Å².